The molecule has 2 aromatic rings. The summed E-state index contributed by atoms with van der Waals surface area (Å²) in [5, 5.41) is 13.1. The second-order valence-corrected chi connectivity index (χ2v) is 8.46. The molecule has 0 bridgehead atoms. The van der Waals surface area contributed by atoms with Gasteiger partial charge in [-0.1, -0.05) is 56.0 Å². The van der Waals surface area contributed by atoms with Gasteiger partial charge in [0, 0.05) is 5.56 Å². The van der Waals surface area contributed by atoms with E-state index in [0.29, 0.717) is 6.04 Å². The van der Waals surface area contributed by atoms with Crippen molar-refractivity contribution in [2.24, 2.45) is 5.92 Å². The number of quaternary nitrogens is 1. The van der Waals surface area contributed by atoms with Crippen molar-refractivity contribution in [3.63, 3.8) is 0 Å². The summed E-state index contributed by atoms with van der Waals surface area (Å²) in [5.41, 5.74) is 2.66. The zero-order chi connectivity index (χ0) is 17.9. The number of likely N-dealkylation sites (tertiary alicyclic amines) is 1. The topological polar surface area (TPSA) is 48.0 Å². The number of tetrazole rings is 1. The van der Waals surface area contributed by atoms with E-state index in [1.54, 1.807) is 4.90 Å². The second-order valence-electron chi connectivity index (χ2n) is 8.46. The zero-order valence-corrected chi connectivity index (χ0v) is 16.2. The maximum atomic E-state index is 4.57. The molecular formula is C21H32N5+. The maximum Gasteiger partial charge on any atom is 0.214 e. The first-order chi connectivity index (χ1) is 12.7. The first-order valence-corrected chi connectivity index (χ1v) is 10.4. The highest BCUT2D eigenvalue weighted by Crippen LogP contribution is 2.30. The third-order valence-corrected chi connectivity index (χ3v) is 6.43. The lowest BCUT2D eigenvalue weighted by Crippen LogP contribution is -3.13. The van der Waals surface area contributed by atoms with Crippen LogP contribution in [0.1, 0.15) is 80.9 Å². The third kappa shape index (κ3) is 3.68. The molecule has 5 nitrogen and oxygen atoms in total. The summed E-state index contributed by atoms with van der Waals surface area (Å²) >= 11 is 0. The molecule has 4 rings (SSSR count). The minimum absolute atomic E-state index is 0.250. The van der Waals surface area contributed by atoms with E-state index >= 15 is 0 Å². The Morgan fingerprint density at radius 3 is 2.38 bits per heavy atom. The van der Waals surface area contributed by atoms with Gasteiger partial charge in [-0.3, -0.25) is 0 Å². The van der Waals surface area contributed by atoms with E-state index < -0.39 is 0 Å². The first kappa shape index (κ1) is 17.7. The van der Waals surface area contributed by atoms with Crippen molar-refractivity contribution in [2.75, 3.05) is 13.1 Å². The number of hydrogen-bond acceptors (Lipinski definition) is 3. The number of rotatable bonds is 4. The van der Waals surface area contributed by atoms with Crippen LogP contribution in [0, 0.1) is 12.8 Å². The maximum absolute atomic E-state index is 4.57. The fourth-order valence-corrected chi connectivity index (χ4v) is 4.72. The third-order valence-electron chi connectivity index (χ3n) is 6.43. The summed E-state index contributed by atoms with van der Waals surface area (Å²) in [5.74, 6) is 1.91. The van der Waals surface area contributed by atoms with Gasteiger partial charge in [-0.25, -0.2) is 4.68 Å². The molecule has 1 saturated heterocycles. The Kier molecular flexibility index (Phi) is 5.34. The zero-order valence-electron chi connectivity index (χ0n) is 16.2. The van der Waals surface area contributed by atoms with Crippen molar-refractivity contribution in [3.8, 4) is 0 Å². The van der Waals surface area contributed by atoms with Crippen molar-refractivity contribution in [3.05, 3.63) is 41.2 Å². The van der Waals surface area contributed by atoms with E-state index in [0.717, 1.165) is 11.7 Å². The van der Waals surface area contributed by atoms with Crippen LogP contribution in [0.3, 0.4) is 0 Å². The highest BCUT2D eigenvalue weighted by atomic mass is 15.6. The molecule has 0 radical (unpaired) electrons. The summed E-state index contributed by atoms with van der Waals surface area (Å²) in [7, 11) is 0. The number of aromatic nitrogens is 4. The molecule has 2 aliphatic rings. The molecule has 1 saturated carbocycles. The van der Waals surface area contributed by atoms with Crippen LogP contribution < -0.4 is 4.90 Å². The quantitative estimate of drug-likeness (QED) is 0.918. The van der Waals surface area contributed by atoms with Gasteiger partial charge in [-0.2, -0.15) is 0 Å². The van der Waals surface area contributed by atoms with Gasteiger partial charge in [-0.05, 0) is 49.0 Å². The predicted octanol–water partition coefficient (Wildman–Crippen LogP) is 2.89. The molecule has 1 aromatic carbocycles. The van der Waals surface area contributed by atoms with E-state index in [-0.39, 0.29) is 6.04 Å². The van der Waals surface area contributed by atoms with Crippen LogP contribution in [-0.4, -0.2) is 33.3 Å². The van der Waals surface area contributed by atoms with Crippen molar-refractivity contribution in [1.29, 1.82) is 0 Å². The van der Waals surface area contributed by atoms with Crippen LogP contribution in [0.2, 0.25) is 0 Å². The lowest BCUT2D eigenvalue weighted by molar-refractivity contribution is -0.932. The van der Waals surface area contributed by atoms with Gasteiger partial charge < -0.3 is 4.90 Å². The van der Waals surface area contributed by atoms with E-state index in [1.807, 2.05) is 0 Å². The minimum atomic E-state index is 0.250. The molecule has 2 fully saturated rings. The summed E-state index contributed by atoms with van der Waals surface area (Å²) in [4.78, 5) is 1.62. The average molecular weight is 355 g/mol. The number of nitrogens with zero attached hydrogens (tertiary/aromatic N) is 4. The molecule has 5 heteroatoms. The smallest absolute Gasteiger partial charge is 0.214 e. The van der Waals surface area contributed by atoms with Crippen LogP contribution in [0.15, 0.2) is 24.3 Å². The van der Waals surface area contributed by atoms with E-state index in [2.05, 4.69) is 58.3 Å². The van der Waals surface area contributed by atoms with Crippen molar-refractivity contribution < 1.29 is 4.90 Å². The van der Waals surface area contributed by atoms with Crippen LogP contribution >= 0.6 is 0 Å². The molecule has 1 atom stereocenters. The van der Waals surface area contributed by atoms with E-state index in [1.165, 1.54) is 69.2 Å². The molecule has 2 heterocycles. The normalized spacial score (nSPS) is 25.9. The fourth-order valence-electron chi connectivity index (χ4n) is 4.72. The second kappa shape index (κ2) is 7.87. The van der Waals surface area contributed by atoms with Gasteiger partial charge in [0.05, 0.1) is 19.1 Å². The molecular weight excluding hydrogens is 322 g/mol. The van der Waals surface area contributed by atoms with E-state index in [9.17, 15) is 0 Å². The highest BCUT2D eigenvalue weighted by molar-refractivity contribution is 5.26. The molecule has 1 aliphatic heterocycles. The Morgan fingerprint density at radius 2 is 1.69 bits per heavy atom. The average Bonchev–Trinajstić information content (AvgIpc) is 3.15. The molecule has 0 amide bonds. The Labute approximate surface area is 156 Å². The summed E-state index contributed by atoms with van der Waals surface area (Å²) in [6, 6.07) is 9.74. The number of nitrogens with one attached hydrogen (secondary N) is 1. The largest absolute Gasteiger partial charge is 0.322 e. The number of piperidine rings is 1. The lowest BCUT2D eigenvalue weighted by atomic mass is 9.93. The summed E-state index contributed by atoms with van der Waals surface area (Å²) in [6.07, 6.45) is 8.96. The monoisotopic (exact) mass is 354 g/mol. The fraction of sp³-hybridized carbons (Fsp3) is 0.667. The first-order valence-electron chi connectivity index (χ1n) is 10.4. The summed E-state index contributed by atoms with van der Waals surface area (Å²) < 4.78 is 2.18. The molecule has 140 valence electrons. The van der Waals surface area contributed by atoms with Gasteiger partial charge in [0.1, 0.15) is 0 Å². The van der Waals surface area contributed by atoms with Crippen molar-refractivity contribution >= 4 is 0 Å². The SMILES string of the molecule is Cc1ccc([C@@H](c2nnnn2C2CCCCC2)[NH+]2CCC(C)CC2)cc1. The lowest BCUT2D eigenvalue weighted by Gasteiger charge is -2.34. The summed E-state index contributed by atoms with van der Waals surface area (Å²) in [6.45, 7) is 6.94. The number of hydrogen-bond donors (Lipinski definition) is 1. The van der Waals surface area contributed by atoms with Gasteiger partial charge in [0.25, 0.3) is 0 Å². The van der Waals surface area contributed by atoms with Crippen molar-refractivity contribution in [1.82, 2.24) is 20.2 Å². The van der Waals surface area contributed by atoms with Gasteiger partial charge in [-0.15, -0.1) is 5.10 Å². The number of aryl methyl sites for hydroxylation is 1. The Bertz CT molecular complexity index is 693. The molecule has 1 aromatic heterocycles. The van der Waals surface area contributed by atoms with Crippen LogP contribution in [0.4, 0.5) is 0 Å². The molecule has 0 unspecified atom stereocenters. The Morgan fingerprint density at radius 1 is 1.00 bits per heavy atom. The molecule has 26 heavy (non-hydrogen) atoms. The van der Waals surface area contributed by atoms with E-state index in [4.69, 9.17) is 0 Å². The molecule has 1 aliphatic carbocycles. The van der Waals surface area contributed by atoms with Gasteiger partial charge in [0.15, 0.2) is 6.04 Å². The van der Waals surface area contributed by atoms with Gasteiger partial charge >= 0.3 is 0 Å². The van der Waals surface area contributed by atoms with Crippen LogP contribution in [0.25, 0.3) is 0 Å². The number of benzene rings is 1. The predicted molar refractivity (Wildman–Crippen MR) is 102 cm³/mol. The van der Waals surface area contributed by atoms with Gasteiger partial charge in [0.2, 0.25) is 5.82 Å². The highest BCUT2D eigenvalue weighted by Gasteiger charge is 2.35. The van der Waals surface area contributed by atoms with Crippen LogP contribution in [-0.2, 0) is 0 Å². The van der Waals surface area contributed by atoms with Crippen molar-refractivity contribution in [2.45, 2.75) is 70.9 Å². The Balaban J connectivity index is 1.69. The Hall–Kier alpha value is -1.75. The molecule has 0 spiro atoms. The van der Waals surface area contributed by atoms with Crippen LogP contribution in [0.5, 0.6) is 0 Å². The standard InChI is InChI=1S/C21H31N5/c1-16-8-10-18(11-9-16)20(25-14-12-17(2)13-15-25)21-22-23-24-26(21)19-6-4-3-5-7-19/h8-11,17,19-20H,3-7,12-15H2,1-2H3/p+1/t20-/m0/s1. The minimum Gasteiger partial charge on any atom is -0.322 e. The molecule has 1 N–H and O–H groups in total.